The monoisotopic (exact) mass is 308 g/mol. The molecule has 2 rings (SSSR count). The summed E-state index contributed by atoms with van der Waals surface area (Å²) in [6, 6.07) is 3.89. The molecule has 4 N–H and O–H groups in total. The van der Waals surface area contributed by atoms with Gasteiger partial charge >= 0.3 is 0 Å². The molecule has 0 atom stereocenters. The number of thioether (sulfide) groups is 1. The molecule has 0 unspecified atom stereocenters. The van der Waals surface area contributed by atoms with Crippen LogP contribution in [0.5, 0.6) is 0 Å². The van der Waals surface area contributed by atoms with Crippen molar-refractivity contribution in [2.24, 2.45) is 0 Å². The number of hydrogen-bond donors (Lipinski definition) is 3. The molecule has 2 heterocycles. The van der Waals surface area contributed by atoms with E-state index in [2.05, 4.69) is 15.6 Å². The number of nitrogens with zero attached hydrogens (tertiary/aromatic N) is 1. The Balaban J connectivity index is 2.21. The third-order valence-corrected chi connectivity index (χ3v) is 4.84. The zero-order chi connectivity index (χ0) is 14.5. The van der Waals surface area contributed by atoms with Crippen LogP contribution < -0.4 is 16.4 Å². The van der Waals surface area contributed by atoms with Crippen LogP contribution in [0.4, 0.5) is 10.7 Å². The molecule has 0 bridgehead atoms. The van der Waals surface area contributed by atoms with Gasteiger partial charge in [-0.1, -0.05) is 6.07 Å². The first-order valence-electron chi connectivity index (χ1n) is 5.98. The normalized spacial score (nSPS) is 10.3. The SMILES string of the molecule is CNC(=O)c1sc(NCc2cccnc2)c(SC)c1N. The van der Waals surface area contributed by atoms with Gasteiger partial charge in [-0.25, -0.2) is 0 Å². The Bertz CT molecular complexity index is 598. The second kappa shape index (κ2) is 6.62. The third-order valence-electron chi connectivity index (χ3n) is 2.71. The zero-order valence-electron chi connectivity index (χ0n) is 11.3. The van der Waals surface area contributed by atoms with Crippen LogP contribution in [0.15, 0.2) is 29.4 Å². The number of rotatable bonds is 5. The molecule has 0 aliphatic carbocycles. The van der Waals surface area contributed by atoms with Crippen LogP contribution in [0.1, 0.15) is 15.2 Å². The summed E-state index contributed by atoms with van der Waals surface area (Å²) in [5, 5.41) is 6.84. The van der Waals surface area contributed by atoms with Gasteiger partial charge in [0, 0.05) is 26.0 Å². The molecule has 5 nitrogen and oxygen atoms in total. The summed E-state index contributed by atoms with van der Waals surface area (Å²) in [5.74, 6) is -0.155. The fourth-order valence-electron chi connectivity index (χ4n) is 1.72. The summed E-state index contributed by atoms with van der Waals surface area (Å²) in [6.07, 6.45) is 5.49. The molecular formula is C13H16N4OS2. The van der Waals surface area contributed by atoms with Crippen LogP contribution in [-0.4, -0.2) is 24.2 Å². The van der Waals surface area contributed by atoms with E-state index in [9.17, 15) is 4.79 Å². The van der Waals surface area contributed by atoms with Crippen LogP contribution in [0.3, 0.4) is 0 Å². The van der Waals surface area contributed by atoms with Crippen molar-refractivity contribution in [3.63, 3.8) is 0 Å². The van der Waals surface area contributed by atoms with Gasteiger partial charge in [0.2, 0.25) is 0 Å². The van der Waals surface area contributed by atoms with Crippen molar-refractivity contribution in [3.8, 4) is 0 Å². The molecule has 2 aromatic heterocycles. The van der Waals surface area contributed by atoms with E-state index in [-0.39, 0.29) is 5.91 Å². The van der Waals surface area contributed by atoms with Gasteiger partial charge in [-0.3, -0.25) is 9.78 Å². The van der Waals surface area contributed by atoms with E-state index in [1.807, 2.05) is 24.6 Å². The molecule has 106 valence electrons. The van der Waals surface area contributed by atoms with E-state index in [1.54, 1.807) is 13.2 Å². The Morgan fingerprint density at radius 1 is 1.55 bits per heavy atom. The number of nitrogen functional groups attached to an aromatic ring is 1. The van der Waals surface area contributed by atoms with E-state index in [4.69, 9.17) is 5.73 Å². The highest BCUT2D eigenvalue weighted by Gasteiger charge is 2.19. The molecule has 2 aromatic rings. The molecule has 7 heteroatoms. The quantitative estimate of drug-likeness (QED) is 0.739. The molecule has 0 aromatic carbocycles. The number of carbonyl (C=O) groups excluding carboxylic acids is 1. The first-order chi connectivity index (χ1) is 9.67. The largest absolute Gasteiger partial charge is 0.396 e. The number of hydrogen-bond acceptors (Lipinski definition) is 6. The lowest BCUT2D eigenvalue weighted by Gasteiger charge is -2.05. The average molecular weight is 308 g/mol. The molecule has 0 aliphatic rings. The van der Waals surface area contributed by atoms with Crippen molar-refractivity contribution in [2.45, 2.75) is 11.4 Å². The fourth-order valence-corrected chi connectivity index (χ4v) is 3.69. The molecule has 0 saturated heterocycles. The number of thiophene rings is 1. The molecule has 0 radical (unpaired) electrons. The summed E-state index contributed by atoms with van der Waals surface area (Å²) < 4.78 is 0. The number of nitrogens with one attached hydrogen (secondary N) is 2. The molecule has 0 saturated carbocycles. The molecule has 0 spiro atoms. The van der Waals surface area contributed by atoms with Crippen LogP contribution >= 0.6 is 23.1 Å². The molecular weight excluding hydrogens is 292 g/mol. The van der Waals surface area contributed by atoms with Gasteiger partial charge in [0.05, 0.1) is 10.6 Å². The van der Waals surface area contributed by atoms with Gasteiger partial charge in [0.25, 0.3) is 5.91 Å². The maximum absolute atomic E-state index is 11.8. The number of aromatic nitrogens is 1. The van der Waals surface area contributed by atoms with Gasteiger partial charge in [0.15, 0.2) is 0 Å². The predicted octanol–water partition coefficient (Wildman–Crippen LogP) is 2.42. The Morgan fingerprint density at radius 2 is 2.35 bits per heavy atom. The summed E-state index contributed by atoms with van der Waals surface area (Å²) >= 11 is 2.91. The number of carbonyl (C=O) groups is 1. The van der Waals surface area contributed by atoms with Crippen LogP contribution in [-0.2, 0) is 6.54 Å². The van der Waals surface area contributed by atoms with Crippen LogP contribution in [0, 0.1) is 0 Å². The first-order valence-corrected chi connectivity index (χ1v) is 8.02. The second-order valence-electron chi connectivity index (χ2n) is 4.00. The van der Waals surface area contributed by atoms with Crippen molar-refractivity contribution in [1.82, 2.24) is 10.3 Å². The van der Waals surface area contributed by atoms with Crippen LogP contribution in [0.2, 0.25) is 0 Å². The molecule has 0 aliphatic heterocycles. The third kappa shape index (κ3) is 3.05. The predicted molar refractivity (Wildman–Crippen MR) is 85.5 cm³/mol. The fraction of sp³-hybridized carbons (Fsp3) is 0.231. The molecule has 20 heavy (non-hydrogen) atoms. The highest BCUT2D eigenvalue weighted by atomic mass is 32.2. The van der Waals surface area contributed by atoms with Gasteiger partial charge < -0.3 is 16.4 Å². The van der Waals surface area contributed by atoms with E-state index in [0.717, 1.165) is 15.5 Å². The van der Waals surface area contributed by atoms with Gasteiger partial charge in [-0.05, 0) is 17.9 Å². The standard InChI is InChI=1S/C13H16N4OS2/c1-15-12(18)10-9(14)11(19-2)13(20-10)17-7-8-4-3-5-16-6-8/h3-6,17H,7,14H2,1-2H3,(H,15,18). The second-order valence-corrected chi connectivity index (χ2v) is 5.84. The van der Waals surface area contributed by atoms with Crippen molar-refractivity contribution in [1.29, 1.82) is 0 Å². The van der Waals surface area contributed by atoms with Gasteiger partial charge in [-0.2, -0.15) is 0 Å². The number of nitrogens with two attached hydrogens (primary N) is 1. The van der Waals surface area contributed by atoms with E-state index in [1.165, 1.54) is 23.1 Å². The van der Waals surface area contributed by atoms with E-state index >= 15 is 0 Å². The maximum Gasteiger partial charge on any atom is 0.263 e. The Kier molecular flexibility index (Phi) is 4.86. The summed E-state index contributed by atoms with van der Waals surface area (Å²) in [6.45, 7) is 0.647. The maximum atomic E-state index is 11.8. The zero-order valence-corrected chi connectivity index (χ0v) is 12.9. The summed E-state index contributed by atoms with van der Waals surface area (Å²) in [5.41, 5.74) is 7.65. The topological polar surface area (TPSA) is 80.0 Å². The summed E-state index contributed by atoms with van der Waals surface area (Å²) in [4.78, 5) is 17.3. The van der Waals surface area contributed by atoms with E-state index < -0.39 is 0 Å². The number of amides is 1. The van der Waals surface area contributed by atoms with Crippen molar-refractivity contribution >= 4 is 39.7 Å². The highest BCUT2D eigenvalue weighted by Crippen LogP contribution is 2.41. The van der Waals surface area contributed by atoms with Crippen LogP contribution in [0.25, 0.3) is 0 Å². The lowest BCUT2D eigenvalue weighted by atomic mass is 10.3. The summed E-state index contributed by atoms with van der Waals surface area (Å²) in [7, 11) is 1.60. The molecule has 0 fully saturated rings. The Morgan fingerprint density at radius 3 is 2.95 bits per heavy atom. The minimum absolute atomic E-state index is 0.155. The van der Waals surface area contributed by atoms with Crippen molar-refractivity contribution < 1.29 is 4.79 Å². The Labute approximate surface area is 126 Å². The highest BCUT2D eigenvalue weighted by molar-refractivity contribution is 7.99. The smallest absolute Gasteiger partial charge is 0.263 e. The average Bonchev–Trinajstić information content (AvgIpc) is 2.81. The minimum atomic E-state index is -0.155. The lowest BCUT2D eigenvalue weighted by Crippen LogP contribution is -2.17. The minimum Gasteiger partial charge on any atom is -0.396 e. The van der Waals surface area contributed by atoms with Crippen molar-refractivity contribution in [2.75, 3.05) is 24.4 Å². The van der Waals surface area contributed by atoms with Gasteiger partial charge in [0.1, 0.15) is 9.88 Å². The van der Waals surface area contributed by atoms with Crippen molar-refractivity contribution in [3.05, 3.63) is 35.0 Å². The first kappa shape index (κ1) is 14.7. The molecule has 1 amide bonds. The van der Waals surface area contributed by atoms with E-state index in [0.29, 0.717) is 17.1 Å². The lowest BCUT2D eigenvalue weighted by molar-refractivity contribution is 0.0968. The Hall–Kier alpha value is -1.73. The number of pyridine rings is 1. The number of anilines is 2. The van der Waals surface area contributed by atoms with Gasteiger partial charge in [-0.15, -0.1) is 23.1 Å².